The standard InChI is InChI=1S/C12H12ClN3O2/c13-9-3-1-2-8-7(5-15-11(8)9)4-10(14)12(18)16-6-17/h1-3,5-6,10,15H,4,14H2,(H,16,17,18). The maximum absolute atomic E-state index is 11.4. The number of hydrogen-bond acceptors (Lipinski definition) is 3. The highest BCUT2D eigenvalue weighted by Crippen LogP contribution is 2.25. The molecule has 4 N–H and O–H groups in total. The summed E-state index contributed by atoms with van der Waals surface area (Å²) in [6.45, 7) is 0. The summed E-state index contributed by atoms with van der Waals surface area (Å²) < 4.78 is 0. The monoisotopic (exact) mass is 265 g/mol. The summed E-state index contributed by atoms with van der Waals surface area (Å²) in [5, 5.41) is 3.58. The molecular formula is C12H12ClN3O2. The average Bonchev–Trinajstić information content (AvgIpc) is 2.74. The molecule has 0 aliphatic carbocycles. The predicted octanol–water partition coefficient (Wildman–Crippen LogP) is 0.964. The Hall–Kier alpha value is -1.85. The zero-order valence-corrected chi connectivity index (χ0v) is 10.2. The van der Waals surface area contributed by atoms with Crippen LogP contribution in [0, 0.1) is 0 Å². The molecular weight excluding hydrogens is 254 g/mol. The Bertz CT molecular complexity index is 594. The van der Waals surface area contributed by atoms with Gasteiger partial charge in [-0.2, -0.15) is 0 Å². The second kappa shape index (κ2) is 5.20. The summed E-state index contributed by atoms with van der Waals surface area (Å²) in [5.74, 6) is -0.499. The number of carbonyl (C=O) groups excluding carboxylic acids is 2. The van der Waals surface area contributed by atoms with Crippen molar-refractivity contribution in [2.45, 2.75) is 12.5 Å². The first-order valence-electron chi connectivity index (χ1n) is 5.37. The Morgan fingerprint density at radius 2 is 2.33 bits per heavy atom. The number of halogens is 1. The van der Waals surface area contributed by atoms with Crippen molar-refractivity contribution in [2.75, 3.05) is 0 Å². The third-order valence-corrected chi connectivity index (χ3v) is 3.04. The molecule has 0 saturated carbocycles. The van der Waals surface area contributed by atoms with E-state index < -0.39 is 11.9 Å². The molecule has 18 heavy (non-hydrogen) atoms. The Balaban J connectivity index is 2.25. The van der Waals surface area contributed by atoms with Gasteiger partial charge in [-0.05, 0) is 18.1 Å². The Labute approximate surface area is 108 Å². The van der Waals surface area contributed by atoms with E-state index in [1.807, 2.05) is 17.4 Å². The quantitative estimate of drug-likeness (QED) is 0.720. The minimum absolute atomic E-state index is 0.328. The summed E-state index contributed by atoms with van der Waals surface area (Å²) >= 11 is 6.03. The van der Waals surface area contributed by atoms with E-state index in [-0.39, 0.29) is 0 Å². The SMILES string of the molecule is NC(Cc1c[nH]c2c(Cl)cccc12)C(=O)NC=O. The number of para-hydroxylation sites is 1. The summed E-state index contributed by atoms with van der Waals surface area (Å²) in [5.41, 5.74) is 7.41. The van der Waals surface area contributed by atoms with E-state index in [2.05, 4.69) is 4.98 Å². The summed E-state index contributed by atoms with van der Waals surface area (Å²) in [6, 6.07) is 4.74. The van der Waals surface area contributed by atoms with Gasteiger partial charge in [0.2, 0.25) is 12.3 Å². The molecule has 94 valence electrons. The number of aromatic nitrogens is 1. The van der Waals surface area contributed by atoms with Gasteiger partial charge in [-0.3, -0.25) is 14.9 Å². The van der Waals surface area contributed by atoms with Crippen molar-refractivity contribution >= 4 is 34.8 Å². The van der Waals surface area contributed by atoms with Gasteiger partial charge in [-0.1, -0.05) is 23.7 Å². The lowest BCUT2D eigenvalue weighted by Gasteiger charge is -2.08. The molecule has 0 fully saturated rings. The highest BCUT2D eigenvalue weighted by Gasteiger charge is 2.16. The van der Waals surface area contributed by atoms with Crippen LogP contribution < -0.4 is 11.1 Å². The first kappa shape index (κ1) is 12.6. The smallest absolute Gasteiger partial charge is 0.243 e. The zero-order chi connectivity index (χ0) is 13.1. The molecule has 1 unspecified atom stereocenters. The third kappa shape index (κ3) is 2.37. The third-order valence-electron chi connectivity index (χ3n) is 2.73. The highest BCUT2D eigenvalue weighted by atomic mass is 35.5. The lowest BCUT2D eigenvalue weighted by Crippen LogP contribution is -2.41. The Morgan fingerprint density at radius 1 is 1.56 bits per heavy atom. The van der Waals surface area contributed by atoms with E-state index in [0.29, 0.717) is 17.9 Å². The van der Waals surface area contributed by atoms with Crippen LogP contribution in [0.5, 0.6) is 0 Å². The number of rotatable bonds is 4. The van der Waals surface area contributed by atoms with Crippen LogP contribution in [0.1, 0.15) is 5.56 Å². The molecule has 2 amide bonds. The Morgan fingerprint density at radius 3 is 3.06 bits per heavy atom. The molecule has 0 aliphatic rings. The second-order valence-electron chi connectivity index (χ2n) is 3.91. The molecule has 0 radical (unpaired) electrons. The summed E-state index contributed by atoms with van der Waals surface area (Å²) in [7, 11) is 0. The maximum atomic E-state index is 11.4. The molecule has 6 heteroatoms. The zero-order valence-electron chi connectivity index (χ0n) is 9.44. The van der Waals surface area contributed by atoms with Crippen molar-refractivity contribution in [1.29, 1.82) is 0 Å². The molecule has 5 nitrogen and oxygen atoms in total. The maximum Gasteiger partial charge on any atom is 0.243 e. The van der Waals surface area contributed by atoms with Crippen LogP contribution in [0.4, 0.5) is 0 Å². The predicted molar refractivity (Wildman–Crippen MR) is 69.2 cm³/mol. The number of benzene rings is 1. The van der Waals surface area contributed by atoms with E-state index in [0.717, 1.165) is 16.5 Å². The fraction of sp³-hybridized carbons (Fsp3) is 0.167. The van der Waals surface area contributed by atoms with Crippen LogP contribution in [0.15, 0.2) is 24.4 Å². The lowest BCUT2D eigenvalue weighted by atomic mass is 10.1. The van der Waals surface area contributed by atoms with Gasteiger partial charge in [0.05, 0.1) is 16.6 Å². The minimum Gasteiger partial charge on any atom is -0.360 e. The molecule has 0 saturated heterocycles. The number of amides is 2. The largest absolute Gasteiger partial charge is 0.360 e. The second-order valence-corrected chi connectivity index (χ2v) is 4.32. The van der Waals surface area contributed by atoms with Crippen molar-refractivity contribution < 1.29 is 9.59 Å². The normalized spacial score (nSPS) is 12.3. The molecule has 1 aromatic carbocycles. The van der Waals surface area contributed by atoms with Crippen LogP contribution in [0.25, 0.3) is 10.9 Å². The van der Waals surface area contributed by atoms with Crippen LogP contribution in [-0.4, -0.2) is 23.3 Å². The van der Waals surface area contributed by atoms with Crippen molar-refractivity contribution in [3.63, 3.8) is 0 Å². The van der Waals surface area contributed by atoms with Gasteiger partial charge in [0.1, 0.15) is 0 Å². The van der Waals surface area contributed by atoms with Gasteiger partial charge < -0.3 is 10.7 Å². The van der Waals surface area contributed by atoms with Crippen molar-refractivity contribution in [3.8, 4) is 0 Å². The van der Waals surface area contributed by atoms with E-state index >= 15 is 0 Å². The van der Waals surface area contributed by atoms with Crippen LogP contribution in [0.2, 0.25) is 5.02 Å². The number of nitrogens with two attached hydrogens (primary N) is 1. The number of fused-ring (bicyclic) bond motifs is 1. The topological polar surface area (TPSA) is 88.0 Å². The minimum atomic E-state index is -0.770. The number of carbonyl (C=O) groups is 2. The van der Waals surface area contributed by atoms with E-state index in [1.165, 1.54) is 0 Å². The van der Waals surface area contributed by atoms with Crippen molar-refractivity contribution in [2.24, 2.45) is 5.73 Å². The van der Waals surface area contributed by atoms with Crippen molar-refractivity contribution in [1.82, 2.24) is 10.3 Å². The lowest BCUT2D eigenvalue weighted by molar-refractivity contribution is -0.126. The molecule has 1 aromatic heterocycles. The van der Waals surface area contributed by atoms with Crippen LogP contribution >= 0.6 is 11.6 Å². The van der Waals surface area contributed by atoms with Gasteiger partial charge >= 0.3 is 0 Å². The van der Waals surface area contributed by atoms with Gasteiger partial charge in [-0.15, -0.1) is 0 Å². The fourth-order valence-corrected chi connectivity index (χ4v) is 2.07. The average molecular weight is 266 g/mol. The van der Waals surface area contributed by atoms with Crippen molar-refractivity contribution in [3.05, 3.63) is 35.0 Å². The molecule has 1 atom stereocenters. The molecule has 2 rings (SSSR count). The first-order valence-corrected chi connectivity index (χ1v) is 5.75. The first-order chi connectivity index (χ1) is 8.63. The molecule has 0 bridgehead atoms. The molecule has 1 heterocycles. The summed E-state index contributed by atoms with van der Waals surface area (Å²) in [6.07, 6.45) is 2.43. The number of nitrogens with one attached hydrogen (secondary N) is 2. The van der Waals surface area contributed by atoms with E-state index in [1.54, 1.807) is 12.3 Å². The van der Waals surface area contributed by atoms with Gasteiger partial charge in [-0.25, -0.2) is 0 Å². The van der Waals surface area contributed by atoms with Crippen LogP contribution in [-0.2, 0) is 16.0 Å². The van der Waals surface area contributed by atoms with Gasteiger partial charge in [0.15, 0.2) is 0 Å². The molecule has 2 aromatic rings. The highest BCUT2D eigenvalue weighted by molar-refractivity contribution is 6.35. The molecule has 0 spiro atoms. The van der Waals surface area contributed by atoms with Gasteiger partial charge in [0, 0.05) is 11.6 Å². The number of hydrogen-bond donors (Lipinski definition) is 3. The van der Waals surface area contributed by atoms with E-state index in [4.69, 9.17) is 17.3 Å². The number of H-pyrrole nitrogens is 1. The summed E-state index contributed by atoms with van der Waals surface area (Å²) in [4.78, 5) is 24.6. The van der Waals surface area contributed by atoms with E-state index in [9.17, 15) is 9.59 Å². The van der Waals surface area contributed by atoms with Gasteiger partial charge in [0.25, 0.3) is 0 Å². The number of aromatic amines is 1. The fourth-order valence-electron chi connectivity index (χ4n) is 1.84. The Kier molecular flexibility index (Phi) is 3.64. The molecule has 0 aliphatic heterocycles. The number of imide groups is 1. The van der Waals surface area contributed by atoms with Crippen LogP contribution in [0.3, 0.4) is 0 Å².